The molecule has 3 amide bonds. The van der Waals surface area contributed by atoms with Gasteiger partial charge in [-0.1, -0.05) is 23.7 Å². The molecule has 0 radical (unpaired) electrons. The van der Waals surface area contributed by atoms with Gasteiger partial charge < -0.3 is 10.3 Å². The molecular weight excluding hydrogens is 376 g/mol. The van der Waals surface area contributed by atoms with Crippen LogP contribution in [0.3, 0.4) is 0 Å². The number of urea groups is 1. The van der Waals surface area contributed by atoms with Gasteiger partial charge in [0.25, 0.3) is 5.91 Å². The highest BCUT2D eigenvalue weighted by atomic mass is 35.5. The summed E-state index contributed by atoms with van der Waals surface area (Å²) < 4.78 is 26.6. The molecule has 2 N–H and O–H groups in total. The van der Waals surface area contributed by atoms with E-state index in [2.05, 4.69) is 10.3 Å². The summed E-state index contributed by atoms with van der Waals surface area (Å²) in [6, 6.07) is 7.22. The number of aromatic nitrogens is 1. The van der Waals surface area contributed by atoms with E-state index >= 15 is 0 Å². The molecule has 1 aromatic heterocycles. The molecular formula is C19H14ClF2N3O2. The largest absolute Gasteiger partial charge is 0.360 e. The Morgan fingerprint density at radius 2 is 1.81 bits per heavy atom. The summed E-state index contributed by atoms with van der Waals surface area (Å²) in [5.74, 6) is -1.29. The second-order valence-electron chi connectivity index (χ2n) is 6.35. The number of nitrogens with one attached hydrogen (secondary N) is 2. The van der Waals surface area contributed by atoms with Gasteiger partial charge in [0.05, 0.1) is 12.1 Å². The number of carbonyl (C=O) groups is 2. The Bertz CT molecular complexity index is 1050. The van der Waals surface area contributed by atoms with E-state index in [9.17, 15) is 18.4 Å². The molecule has 1 saturated heterocycles. The van der Waals surface area contributed by atoms with E-state index in [1.165, 1.54) is 30.3 Å². The summed E-state index contributed by atoms with van der Waals surface area (Å²) in [7, 11) is 0. The van der Waals surface area contributed by atoms with Crippen LogP contribution >= 0.6 is 11.6 Å². The quantitative estimate of drug-likeness (QED) is 0.667. The van der Waals surface area contributed by atoms with Gasteiger partial charge in [0, 0.05) is 18.0 Å². The van der Waals surface area contributed by atoms with Crippen molar-refractivity contribution in [2.24, 2.45) is 0 Å². The molecule has 138 valence electrons. The van der Waals surface area contributed by atoms with Crippen molar-refractivity contribution in [2.75, 3.05) is 0 Å². The standard InChI is InChI=1S/C19H14ClF2N3O2/c20-16-14(22)6-5-13-11(8-23-17(13)16)7-15-18(26)25(19(27)24-15)9-10-1-3-12(21)4-2-10/h1-6,8,15,23H,7,9H2,(H,24,27). The first kappa shape index (κ1) is 17.5. The Balaban J connectivity index is 1.54. The molecule has 2 heterocycles. The smallest absolute Gasteiger partial charge is 0.325 e. The maximum absolute atomic E-state index is 13.6. The Morgan fingerprint density at radius 1 is 1.07 bits per heavy atom. The molecule has 0 spiro atoms. The lowest BCUT2D eigenvalue weighted by molar-refractivity contribution is -0.127. The molecule has 27 heavy (non-hydrogen) atoms. The number of hydrogen-bond acceptors (Lipinski definition) is 2. The van der Waals surface area contributed by atoms with Crippen LogP contribution in [-0.2, 0) is 17.8 Å². The first-order valence-corrected chi connectivity index (χ1v) is 8.62. The van der Waals surface area contributed by atoms with Crippen LogP contribution in [-0.4, -0.2) is 27.9 Å². The van der Waals surface area contributed by atoms with Crippen LogP contribution < -0.4 is 5.32 Å². The minimum atomic E-state index is -0.735. The summed E-state index contributed by atoms with van der Waals surface area (Å²) in [4.78, 5) is 28.8. The average molecular weight is 390 g/mol. The maximum Gasteiger partial charge on any atom is 0.325 e. The molecule has 0 saturated carbocycles. The van der Waals surface area contributed by atoms with Gasteiger partial charge >= 0.3 is 6.03 Å². The molecule has 0 aliphatic carbocycles. The minimum Gasteiger partial charge on any atom is -0.360 e. The monoisotopic (exact) mass is 389 g/mol. The fraction of sp³-hybridized carbons (Fsp3) is 0.158. The zero-order valence-electron chi connectivity index (χ0n) is 13.9. The van der Waals surface area contributed by atoms with Crippen LogP contribution in [0.2, 0.25) is 5.02 Å². The Hall–Kier alpha value is -2.93. The number of rotatable bonds is 4. The number of imide groups is 1. The van der Waals surface area contributed by atoms with E-state index in [4.69, 9.17) is 11.6 Å². The van der Waals surface area contributed by atoms with Gasteiger partial charge in [-0.05, 0) is 35.4 Å². The number of H-pyrrole nitrogens is 1. The minimum absolute atomic E-state index is 0.0153. The third-order valence-corrected chi connectivity index (χ3v) is 4.99. The number of amides is 3. The molecule has 0 bridgehead atoms. The van der Waals surface area contributed by atoms with Crippen molar-refractivity contribution >= 4 is 34.4 Å². The molecule has 4 rings (SSSR count). The van der Waals surface area contributed by atoms with E-state index in [1.807, 2.05) is 0 Å². The van der Waals surface area contributed by atoms with Gasteiger partial charge in [-0.25, -0.2) is 13.6 Å². The van der Waals surface area contributed by atoms with Gasteiger partial charge in [-0.3, -0.25) is 9.69 Å². The number of halogens is 3. The van der Waals surface area contributed by atoms with E-state index in [1.54, 1.807) is 12.3 Å². The molecule has 3 aromatic rings. The molecule has 1 aliphatic heterocycles. The molecule has 5 nitrogen and oxygen atoms in total. The van der Waals surface area contributed by atoms with Crippen LogP contribution in [0.25, 0.3) is 10.9 Å². The lowest BCUT2D eigenvalue weighted by Crippen LogP contribution is -2.32. The predicted octanol–water partition coefficient (Wildman–Crippen LogP) is 3.76. The van der Waals surface area contributed by atoms with Crippen molar-refractivity contribution in [1.29, 1.82) is 0 Å². The van der Waals surface area contributed by atoms with E-state index < -0.39 is 17.9 Å². The fourth-order valence-electron chi connectivity index (χ4n) is 3.22. The summed E-state index contributed by atoms with van der Waals surface area (Å²) in [5.41, 5.74) is 1.84. The summed E-state index contributed by atoms with van der Waals surface area (Å²) in [5, 5.41) is 3.34. The third-order valence-electron chi connectivity index (χ3n) is 4.62. The molecule has 8 heteroatoms. The number of aromatic amines is 1. The molecule has 2 aromatic carbocycles. The number of nitrogens with zero attached hydrogens (tertiary/aromatic N) is 1. The van der Waals surface area contributed by atoms with Crippen molar-refractivity contribution in [3.8, 4) is 0 Å². The lowest BCUT2D eigenvalue weighted by atomic mass is 10.0. The van der Waals surface area contributed by atoms with E-state index in [0.717, 1.165) is 10.5 Å². The van der Waals surface area contributed by atoms with E-state index in [0.29, 0.717) is 16.5 Å². The zero-order chi connectivity index (χ0) is 19.1. The number of benzene rings is 2. The molecule has 1 aliphatic rings. The Kier molecular flexibility index (Phi) is 4.31. The van der Waals surface area contributed by atoms with Crippen LogP contribution in [0.4, 0.5) is 13.6 Å². The van der Waals surface area contributed by atoms with Crippen molar-refractivity contribution in [1.82, 2.24) is 15.2 Å². The average Bonchev–Trinajstić information content (AvgIpc) is 3.17. The third kappa shape index (κ3) is 3.14. The Morgan fingerprint density at radius 3 is 2.56 bits per heavy atom. The predicted molar refractivity (Wildman–Crippen MR) is 96.2 cm³/mol. The number of fused-ring (bicyclic) bond motifs is 1. The van der Waals surface area contributed by atoms with Crippen molar-refractivity contribution in [2.45, 2.75) is 19.0 Å². The maximum atomic E-state index is 13.6. The summed E-state index contributed by atoms with van der Waals surface area (Å²) in [6.07, 6.45) is 1.89. The second kappa shape index (κ2) is 6.66. The van der Waals surface area contributed by atoms with Crippen LogP contribution in [0, 0.1) is 11.6 Å². The molecule has 1 fully saturated rings. The van der Waals surface area contributed by atoms with Gasteiger partial charge in [-0.2, -0.15) is 0 Å². The highest BCUT2D eigenvalue weighted by Crippen LogP contribution is 2.29. The van der Waals surface area contributed by atoms with Crippen molar-refractivity contribution in [3.05, 3.63) is 70.4 Å². The van der Waals surface area contributed by atoms with Gasteiger partial charge in [0.1, 0.15) is 22.7 Å². The molecule has 1 unspecified atom stereocenters. The van der Waals surface area contributed by atoms with Crippen LogP contribution in [0.15, 0.2) is 42.6 Å². The fourth-order valence-corrected chi connectivity index (χ4v) is 3.44. The number of carbonyl (C=O) groups excluding carboxylic acids is 2. The summed E-state index contributed by atoms with van der Waals surface area (Å²) >= 11 is 5.95. The highest BCUT2D eigenvalue weighted by molar-refractivity contribution is 6.35. The molecule has 1 atom stereocenters. The topological polar surface area (TPSA) is 65.2 Å². The van der Waals surface area contributed by atoms with E-state index in [-0.39, 0.29) is 29.7 Å². The first-order chi connectivity index (χ1) is 12.9. The van der Waals surface area contributed by atoms with Gasteiger partial charge in [0.15, 0.2) is 0 Å². The lowest BCUT2D eigenvalue weighted by Gasteiger charge is -2.13. The highest BCUT2D eigenvalue weighted by Gasteiger charge is 2.38. The zero-order valence-corrected chi connectivity index (χ0v) is 14.7. The normalized spacial score (nSPS) is 17.0. The Labute approximate surface area is 157 Å². The first-order valence-electron chi connectivity index (χ1n) is 8.24. The van der Waals surface area contributed by atoms with Crippen molar-refractivity contribution in [3.63, 3.8) is 0 Å². The van der Waals surface area contributed by atoms with Gasteiger partial charge in [0.2, 0.25) is 0 Å². The summed E-state index contributed by atoms with van der Waals surface area (Å²) in [6.45, 7) is 0.0619. The van der Waals surface area contributed by atoms with Gasteiger partial charge in [-0.15, -0.1) is 0 Å². The van der Waals surface area contributed by atoms with Crippen LogP contribution in [0.5, 0.6) is 0 Å². The second-order valence-corrected chi connectivity index (χ2v) is 6.73. The SMILES string of the molecule is O=C1NC(Cc2c[nH]c3c(Cl)c(F)ccc23)C(=O)N1Cc1ccc(F)cc1. The number of hydrogen-bond donors (Lipinski definition) is 2. The van der Waals surface area contributed by atoms with Crippen LogP contribution in [0.1, 0.15) is 11.1 Å². The van der Waals surface area contributed by atoms with Crippen molar-refractivity contribution < 1.29 is 18.4 Å².